The zero-order chi connectivity index (χ0) is 22.3. The Kier molecular flexibility index (Phi) is 8.35. The quantitative estimate of drug-likeness (QED) is 0.334. The number of nitrogens with zero attached hydrogens (tertiary/aromatic N) is 3. The van der Waals surface area contributed by atoms with Gasteiger partial charge >= 0.3 is 17.9 Å². The first-order valence-electron chi connectivity index (χ1n) is 8.55. The number of amides is 1. The van der Waals surface area contributed by atoms with E-state index in [9.17, 15) is 19.2 Å². The topological polar surface area (TPSA) is 139 Å². The van der Waals surface area contributed by atoms with Crippen LogP contribution in [0.25, 0.3) is 0 Å². The van der Waals surface area contributed by atoms with Gasteiger partial charge in [-0.3, -0.25) is 9.59 Å². The van der Waals surface area contributed by atoms with Gasteiger partial charge in [0.25, 0.3) is 0 Å². The molecule has 30 heavy (non-hydrogen) atoms. The van der Waals surface area contributed by atoms with E-state index in [0.717, 1.165) is 30.2 Å². The molecule has 0 fully saturated rings. The van der Waals surface area contributed by atoms with Crippen LogP contribution in [0.3, 0.4) is 0 Å². The molecule has 0 saturated heterocycles. The molecule has 0 aliphatic rings. The van der Waals surface area contributed by atoms with E-state index < -0.39 is 23.8 Å². The number of aromatic nitrogens is 3. The van der Waals surface area contributed by atoms with E-state index in [2.05, 4.69) is 20.3 Å². The van der Waals surface area contributed by atoms with Crippen LogP contribution in [0.15, 0.2) is 11.5 Å². The van der Waals surface area contributed by atoms with Crippen LogP contribution in [-0.2, 0) is 36.8 Å². The van der Waals surface area contributed by atoms with E-state index in [-0.39, 0.29) is 33.2 Å². The smallest absolute Gasteiger partial charge is 0.348 e. The highest BCUT2D eigenvalue weighted by molar-refractivity contribution is 7.99. The first-order valence-corrected chi connectivity index (χ1v) is 10.4. The minimum atomic E-state index is -0.811. The van der Waals surface area contributed by atoms with Crippen molar-refractivity contribution in [2.45, 2.75) is 25.0 Å². The SMILES string of the molecule is CCn1cnnc1SCC(=O)Nc1sc(C(=O)OC)c(CC(=O)OC)c1C(=O)OC. The number of nitrogens with one attached hydrogen (secondary N) is 1. The van der Waals surface area contributed by atoms with Crippen molar-refractivity contribution in [2.75, 3.05) is 32.4 Å². The first kappa shape index (κ1) is 23.3. The molecule has 0 bridgehead atoms. The second-order valence-electron chi connectivity index (χ2n) is 5.59. The van der Waals surface area contributed by atoms with Crippen LogP contribution in [0.2, 0.25) is 0 Å². The van der Waals surface area contributed by atoms with E-state index in [0.29, 0.717) is 11.7 Å². The molecule has 2 heterocycles. The summed E-state index contributed by atoms with van der Waals surface area (Å²) in [5.74, 6) is -2.70. The summed E-state index contributed by atoms with van der Waals surface area (Å²) in [6, 6.07) is 0. The third-order valence-corrected chi connectivity index (χ3v) is 5.93. The van der Waals surface area contributed by atoms with Crippen molar-refractivity contribution >= 4 is 51.9 Å². The number of rotatable bonds is 9. The van der Waals surface area contributed by atoms with Crippen molar-refractivity contribution in [1.82, 2.24) is 14.8 Å². The van der Waals surface area contributed by atoms with Crippen molar-refractivity contribution < 1.29 is 33.4 Å². The van der Waals surface area contributed by atoms with Crippen molar-refractivity contribution in [3.8, 4) is 0 Å². The molecule has 0 aromatic carbocycles. The molecule has 0 atom stereocenters. The number of thioether (sulfide) groups is 1. The van der Waals surface area contributed by atoms with Crippen LogP contribution in [0, 0.1) is 0 Å². The summed E-state index contributed by atoms with van der Waals surface area (Å²) in [6.07, 6.45) is 1.18. The number of carbonyl (C=O) groups is 4. The fourth-order valence-electron chi connectivity index (χ4n) is 2.38. The number of esters is 3. The molecule has 2 aromatic heterocycles. The number of thiophene rings is 1. The molecule has 2 aromatic rings. The maximum absolute atomic E-state index is 12.5. The second kappa shape index (κ2) is 10.7. The molecule has 2 rings (SSSR count). The summed E-state index contributed by atoms with van der Waals surface area (Å²) in [5.41, 5.74) is -0.0254. The molecule has 162 valence electrons. The monoisotopic (exact) mass is 456 g/mol. The van der Waals surface area contributed by atoms with E-state index in [1.165, 1.54) is 14.2 Å². The largest absolute Gasteiger partial charge is 0.469 e. The molecule has 1 amide bonds. The molecule has 1 N–H and O–H groups in total. The molecule has 0 radical (unpaired) electrons. The number of hydrogen-bond donors (Lipinski definition) is 1. The number of aryl methyl sites for hydroxylation is 1. The molecule has 0 aliphatic heterocycles. The van der Waals surface area contributed by atoms with Crippen LogP contribution in [-0.4, -0.2) is 65.7 Å². The minimum absolute atomic E-state index is 0.00280. The van der Waals surface area contributed by atoms with Crippen LogP contribution in [0.1, 0.15) is 32.5 Å². The average Bonchev–Trinajstić information content (AvgIpc) is 3.35. The van der Waals surface area contributed by atoms with Gasteiger partial charge in [-0.1, -0.05) is 11.8 Å². The zero-order valence-corrected chi connectivity index (χ0v) is 18.3. The predicted octanol–water partition coefficient (Wildman–Crippen LogP) is 1.38. The highest BCUT2D eigenvalue weighted by atomic mass is 32.2. The van der Waals surface area contributed by atoms with Gasteiger partial charge in [-0.25, -0.2) is 9.59 Å². The summed E-state index contributed by atoms with van der Waals surface area (Å²) in [7, 11) is 3.50. The maximum atomic E-state index is 12.5. The lowest BCUT2D eigenvalue weighted by Gasteiger charge is -2.07. The van der Waals surface area contributed by atoms with Crippen molar-refractivity contribution in [2.24, 2.45) is 0 Å². The minimum Gasteiger partial charge on any atom is -0.469 e. The van der Waals surface area contributed by atoms with Gasteiger partial charge in [-0.2, -0.15) is 0 Å². The lowest BCUT2D eigenvalue weighted by Crippen LogP contribution is -2.17. The number of anilines is 1. The van der Waals surface area contributed by atoms with Crippen molar-refractivity contribution in [1.29, 1.82) is 0 Å². The number of carbonyl (C=O) groups excluding carboxylic acids is 4. The maximum Gasteiger partial charge on any atom is 0.348 e. The summed E-state index contributed by atoms with van der Waals surface area (Å²) in [5, 5.41) is 11.0. The summed E-state index contributed by atoms with van der Waals surface area (Å²) in [4.78, 5) is 48.8. The van der Waals surface area contributed by atoms with Gasteiger partial charge < -0.3 is 24.1 Å². The Hall–Kier alpha value is -2.93. The molecule has 0 spiro atoms. The Morgan fingerprint density at radius 1 is 1.13 bits per heavy atom. The van der Waals surface area contributed by atoms with Gasteiger partial charge in [-0.15, -0.1) is 21.5 Å². The van der Waals surface area contributed by atoms with Crippen LogP contribution >= 0.6 is 23.1 Å². The number of hydrogen-bond acceptors (Lipinski definition) is 11. The summed E-state index contributed by atoms with van der Waals surface area (Å²) in [6.45, 7) is 2.56. The van der Waals surface area contributed by atoms with Gasteiger partial charge in [0, 0.05) is 12.1 Å². The Labute approximate surface area is 180 Å². The van der Waals surface area contributed by atoms with E-state index >= 15 is 0 Å². The third-order valence-electron chi connectivity index (χ3n) is 3.82. The Bertz CT molecular complexity index is 954. The Morgan fingerprint density at radius 3 is 2.43 bits per heavy atom. The van der Waals surface area contributed by atoms with Crippen LogP contribution in [0.5, 0.6) is 0 Å². The fourth-order valence-corrected chi connectivity index (χ4v) is 4.30. The molecule has 0 saturated carbocycles. The summed E-state index contributed by atoms with van der Waals surface area (Å²) < 4.78 is 15.9. The van der Waals surface area contributed by atoms with Gasteiger partial charge in [-0.05, 0) is 6.92 Å². The van der Waals surface area contributed by atoms with Gasteiger partial charge in [0.2, 0.25) is 5.91 Å². The van der Waals surface area contributed by atoms with Gasteiger partial charge in [0.05, 0.1) is 39.1 Å². The van der Waals surface area contributed by atoms with Crippen molar-refractivity contribution in [3.63, 3.8) is 0 Å². The van der Waals surface area contributed by atoms with E-state index in [1.54, 1.807) is 10.9 Å². The molecule has 0 aliphatic carbocycles. The standard InChI is InChI=1S/C17H20N4O7S2/c1-5-21-8-18-20-17(21)29-7-10(22)19-14-12(15(24)27-3)9(6-11(23)26-2)13(30-14)16(25)28-4/h8H,5-7H2,1-4H3,(H,19,22). The van der Waals surface area contributed by atoms with Gasteiger partial charge in [0.1, 0.15) is 16.2 Å². The van der Waals surface area contributed by atoms with Crippen LogP contribution in [0.4, 0.5) is 5.00 Å². The average molecular weight is 457 g/mol. The Balaban J connectivity index is 2.32. The van der Waals surface area contributed by atoms with E-state index in [4.69, 9.17) is 9.47 Å². The Morgan fingerprint density at radius 2 is 1.83 bits per heavy atom. The number of methoxy groups -OCH3 is 3. The highest BCUT2D eigenvalue weighted by Gasteiger charge is 2.30. The third kappa shape index (κ3) is 5.36. The molecule has 0 unspecified atom stereocenters. The predicted molar refractivity (Wildman–Crippen MR) is 108 cm³/mol. The molecule has 11 nitrogen and oxygen atoms in total. The van der Waals surface area contributed by atoms with Crippen LogP contribution < -0.4 is 5.32 Å². The molecule has 13 heteroatoms. The number of ether oxygens (including phenoxy) is 3. The summed E-state index contributed by atoms with van der Waals surface area (Å²) >= 11 is 1.98. The van der Waals surface area contributed by atoms with Crippen molar-refractivity contribution in [3.05, 3.63) is 22.3 Å². The lowest BCUT2D eigenvalue weighted by atomic mass is 10.1. The normalized spacial score (nSPS) is 10.4. The highest BCUT2D eigenvalue weighted by Crippen LogP contribution is 2.35. The lowest BCUT2D eigenvalue weighted by molar-refractivity contribution is -0.139. The second-order valence-corrected chi connectivity index (χ2v) is 7.55. The molecular weight excluding hydrogens is 436 g/mol. The van der Waals surface area contributed by atoms with E-state index in [1.807, 2.05) is 6.92 Å². The first-order chi connectivity index (χ1) is 14.4. The molecular formula is C17H20N4O7S2. The van der Waals surface area contributed by atoms with Gasteiger partial charge in [0.15, 0.2) is 5.16 Å². The zero-order valence-electron chi connectivity index (χ0n) is 16.7. The fraction of sp³-hybridized carbons (Fsp3) is 0.412.